The van der Waals surface area contributed by atoms with E-state index >= 15 is 0 Å². The number of thioether (sulfide) groups is 1. The van der Waals surface area contributed by atoms with Crippen LogP contribution in [-0.4, -0.2) is 44.4 Å². The molecule has 1 aliphatic heterocycles. The molecular formula is C13H16N4O3S. The molecule has 2 aromatic rings. The molecule has 0 atom stereocenters. The molecule has 0 radical (unpaired) electrons. The molecule has 0 aromatic carbocycles. The topological polar surface area (TPSA) is 84.1 Å². The Hall–Kier alpha value is -1.96. The van der Waals surface area contributed by atoms with E-state index in [0.717, 1.165) is 5.16 Å². The van der Waals surface area contributed by atoms with Crippen molar-refractivity contribution in [2.24, 2.45) is 7.05 Å². The summed E-state index contributed by atoms with van der Waals surface area (Å²) in [5.74, 6) is 1.61. The van der Waals surface area contributed by atoms with Gasteiger partial charge in [-0.2, -0.15) is 5.16 Å². The number of hydrogen-bond donors (Lipinski definition) is 1. The summed E-state index contributed by atoms with van der Waals surface area (Å²) in [5, 5.41) is 3.19. The summed E-state index contributed by atoms with van der Waals surface area (Å²) >= 11 is 1.57. The highest BCUT2D eigenvalue weighted by molar-refractivity contribution is 7.99. The van der Waals surface area contributed by atoms with Crippen LogP contribution in [0.25, 0.3) is 0 Å². The molecule has 0 saturated carbocycles. The third kappa shape index (κ3) is 3.05. The summed E-state index contributed by atoms with van der Waals surface area (Å²) in [5.41, 5.74) is -0.235. The van der Waals surface area contributed by atoms with Gasteiger partial charge in [0.2, 0.25) is 5.91 Å². The molecule has 1 fully saturated rings. The van der Waals surface area contributed by atoms with Crippen molar-refractivity contribution in [3.8, 4) is 0 Å². The van der Waals surface area contributed by atoms with Gasteiger partial charge in [-0.3, -0.25) is 9.59 Å². The number of aromatic amines is 1. The second-order valence-electron chi connectivity index (χ2n) is 5.03. The van der Waals surface area contributed by atoms with E-state index in [1.54, 1.807) is 22.9 Å². The van der Waals surface area contributed by atoms with Crippen LogP contribution in [0.4, 0.5) is 0 Å². The second-order valence-corrected chi connectivity index (χ2v) is 6.09. The maximum absolute atomic E-state index is 12.0. The SMILES string of the molecule is Cn1ccnc1SCCC(=O)N1CC(c2cc(=O)[nH]o2)C1. The number of rotatable bonds is 5. The molecule has 21 heavy (non-hydrogen) atoms. The fourth-order valence-electron chi connectivity index (χ4n) is 2.24. The van der Waals surface area contributed by atoms with Crippen molar-refractivity contribution in [2.75, 3.05) is 18.8 Å². The smallest absolute Gasteiger partial charge is 0.280 e. The van der Waals surface area contributed by atoms with Crippen molar-refractivity contribution < 1.29 is 9.32 Å². The molecule has 112 valence electrons. The Morgan fingerprint density at radius 1 is 1.57 bits per heavy atom. The number of H-pyrrole nitrogens is 1. The number of hydrogen-bond acceptors (Lipinski definition) is 5. The summed E-state index contributed by atoms with van der Waals surface area (Å²) in [7, 11) is 1.93. The number of amides is 1. The molecule has 1 saturated heterocycles. The van der Waals surface area contributed by atoms with Crippen LogP contribution >= 0.6 is 11.8 Å². The molecule has 0 bridgehead atoms. The minimum atomic E-state index is -0.235. The molecule has 1 N–H and O–H groups in total. The van der Waals surface area contributed by atoms with Crippen molar-refractivity contribution in [3.05, 3.63) is 34.6 Å². The van der Waals surface area contributed by atoms with Crippen LogP contribution in [-0.2, 0) is 11.8 Å². The number of likely N-dealkylation sites (tertiary alicyclic amines) is 1. The van der Waals surface area contributed by atoms with E-state index < -0.39 is 0 Å². The van der Waals surface area contributed by atoms with E-state index in [0.29, 0.717) is 31.0 Å². The highest BCUT2D eigenvalue weighted by Gasteiger charge is 2.33. The van der Waals surface area contributed by atoms with Crippen LogP contribution in [0.5, 0.6) is 0 Å². The van der Waals surface area contributed by atoms with Crippen molar-refractivity contribution in [1.29, 1.82) is 0 Å². The first-order valence-electron chi connectivity index (χ1n) is 6.70. The first kappa shape index (κ1) is 14.0. The first-order chi connectivity index (χ1) is 10.1. The number of aromatic nitrogens is 3. The number of nitrogens with one attached hydrogen (secondary N) is 1. The molecule has 7 nitrogen and oxygen atoms in total. The Morgan fingerprint density at radius 3 is 3.00 bits per heavy atom. The quantitative estimate of drug-likeness (QED) is 0.826. The molecule has 1 amide bonds. The Labute approximate surface area is 125 Å². The number of imidazole rings is 1. The maximum Gasteiger partial charge on any atom is 0.280 e. The zero-order chi connectivity index (χ0) is 14.8. The minimum Gasteiger partial charge on any atom is -0.383 e. The summed E-state index contributed by atoms with van der Waals surface area (Å²) in [6.45, 7) is 1.24. The van der Waals surface area contributed by atoms with Crippen LogP contribution in [0.1, 0.15) is 18.1 Å². The summed E-state index contributed by atoms with van der Waals surface area (Å²) in [6, 6.07) is 1.45. The highest BCUT2D eigenvalue weighted by atomic mass is 32.2. The maximum atomic E-state index is 12.0. The summed E-state index contributed by atoms with van der Waals surface area (Å²) in [4.78, 5) is 29.0. The van der Waals surface area contributed by atoms with E-state index in [-0.39, 0.29) is 17.4 Å². The molecular weight excluding hydrogens is 292 g/mol. The van der Waals surface area contributed by atoms with Gasteiger partial charge in [-0.05, 0) is 0 Å². The highest BCUT2D eigenvalue weighted by Crippen LogP contribution is 2.27. The molecule has 0 aliphatic carbocycles. The number of aryl methyl sites for hydroxylation is 1. The Morgan fingerprint density at radius 2 is 2.38 bits per heavy atom. The van der Waals surface area contributed by atoms with Crippen molar-refractivity contribution in [1.82, 2.24) is 19.6 Å². The Balaban J connectivity index is 1.41. The van der Waals surface area contributed by atoms with Gasteiger partial charge in [-0.15, -0.1) is 0 Å². The number of nitrogens with zero attached hydrogens (tertiary/aromatic N) is 3. The molecule has 3 heterocycles. The molecule has 2 aromatic heterocycles. The van der Waals surface area contributed by atoms with Gasteiger partial charge in [0.05, 0.1) is 5.92 Å². The Kier molecular flexibility index (Phi) is 3.87. The molecule has 0 unspecified atom stereocenters. The minimum absolute atomic E-state index is 0.130. The number of carbonyl (C=O) groups is 1. The predicted octanol–water partition coefficient (Wildman–Crippen LogP) is 0.810. The Bertz CT molecular complexity index is 683. The third-order valence-electron chi connectivity index (χ3n) is 3.50. The van der Waals surface area contributed by atoms with Crippen molar-refractivity contribution >= 4 is 17.7 Å². The fourth-order valence-corrected chi connectivity index (χ4v) is 3.10. The van der Waals surface area contributed by atoms with Crippen LogP contribution in [0.15, 0.2) is 32.9 Å². The monoisotopic (exact) mass is 308 g/mol. The van der Waals surface area contributed by atoms with Crippen molar-refractivity contribution in [3.63, 3.8) is 0 Å². The molecule has 0 spiro atoms. The average Bonchev–Trinajstić information content (AvgIpc) is 2.98. The standard InChI is InChI=1S/C13H16N4O3S/c1-16-4-3-14-13(16)21-5-2-12(19)17-7-9(8-17)10-6-11(18)15-20-10/h3-4,6,9H,2,5,7-8H2,1H3,(H,15,18). The van der Waals surface area contributed by atoms with Crippen molar-refractivity contribution in [2.45, 2.75) is 17.5 Å². The average molecular weight is 308 g/mol. The van der Waals surface area contributed by atoms with E-state index in [4.69, 9.17) is 4.52 Å². The van der Waals surface area contributed by atoms with Gasteiger partial charge < -0.3 is 14.0 Å². The van der Waals surface area contributed by atoms with E-state index in [1.165, 1.54) is 6.07 Å². The van der Waals surface area contributed by atoms with Crippen LogP contribution in [0, 0.1) is 0 Å². The molecule has 8 heteroatoms. The lowest BCUT2D eigenvalue weighted by Crippen LogP contribution is -2.48. The van der Waals surface area contributed by atoms with Crippen LogP contribution < -0.4 is 5.56 Å². The lowest BCUT2D eigenvalue weighted by Gasteiger charge is -2.37. The largest absolute Gasteiger partial charge is 0.383 e. The van der Waals surface area contributed by atoms with E-state index in [9.17, 15) is 9.59 Å². The van der Waals surface area contributed by atoms with Gasteiger partial charge in [0.25, 0.3) is 5.56 Å². The normalized spacial score (nSPS) is 15.2. The predicted molar refractivity (Wildman–Crippen MR) is 77.2 cm³/mol. The van der Waals surface area contributed by atoms with Gasteiger partial charge >= 0.3 is 0 Å². The van der Waals surface area contributed by atoms with Gasteiger partial charge in [0, 0.05) is 50.8 Å². The lowest BCUT2D eigenvalue weighted by atomic mass is 9.97. The van der Waals surface area contributed by atoms with Gasteiger partial charge in [0.15, 0.2) is 5.16 Å². The van der Waals surface area contributed by atoms with Gasteiger partial charge in [-0.1, -0.05) is 11.8 Å². The summed E-state index contributed by atoms with van der Waals surface area (Å²) < 4.78 is 6.98. The van der Waals surface area contributed by atoms with Crippen LogP contribution in [0.3, 0.4) is 0 Å². The fraction of sp³-hybridized carbons (Fsp3) is 0.462. The third-order valence-corrected chi connectivity index (χ3v) is 4.56. The molecule has 3 rings (SSSR count). The number of carbonyl (C=O) groups excluding carboxylic acids is 1. The van der Waals surface area contributed by atoms with E-state index in [1.807, 2.05) is 17.8 Å². The van der Waals surface area contributed by atoms with Crippen LogP contribution in [0.2, 0.25) is 0 Å². The van der Waals surface area contributed by atoms with E-state index in [2.05, 4.69) is 10.1 Å². The zero-order valence-electron chi connectivity index (χ0n) is 11.6. The first-order valence-corrected chi connectivity index (χ1v) is 7.68. The lowest BCUT2D eigenvalue weighted by molar-refractivity contribution is -0.135. The second kappa shape index (κ2) is 5.80. The van der Waals surface area contributed by atoms with Gasteiger partial charge in [0.1, 0.15) is 5.76 Å². The van der Waals surface area contributed by atoms with Gasteiger partial charge in [-0.25, -0.2) is 4.98 Å². The summed E-state index contributed by atoms with van der Waals surface area (Å²) in [6.07, 6.45) is 4.12. The zero-order valence-corrected chi connectivity index (χ0v) is 12.4. The molecule has 1 aliphatic rings.